The molecule has 39 heavy (non-hydrogen) atoms. The summed E-state index contributed by atoms with van der Waals surface area (Å²) in [5.41, 5.74) is 6.87. The SMILES string of the molecule is Cc1cccc(C(=O)Cc2ccc(Nc3ccc(CC(=O)c4ccc(N5CCC(O)CC5)cc4)cc3)cc2)n1. The van der Waals surface area contributed by atoms with E-state index >= 15 is 0 Å². The van der Waals surface area contributed by atoms with Gasteiger partial charge in [0.25, 0.3) is 0 Å². The molecule has 6 heteroatoms. The minimum atomic E-state index is -0.200. The normalized spacial score (nSPS) is 13.7. The van der Waals surface area contributed by atoms with Crippen molar-refractivity contribution in [3.8, 4) is 0 Å². The van der Waals surface area contributed by atoms with E-state index in [1.165, 1.54) is 0 Å². The first-order valence-electron chi connectivity index (χ1n) is 13.4. The second-order valence-corrected chi connectivity index (χ2v) is 10.1. The van der Waals surface area contributed by atoms with Crippen molar-refractivity contribution in [2.24, 2.45) is 0 Å². The third-order valence-electron chi connectivity index (χ3n) is 7.12. The number of ketones is 2. The summed E-state index contributed by atoms with van der Waals surface area (Å²) in [7, 11) is 0. The first-order valence-corrected chi connectivity index (χ1v) is 13.4. The Morgan fingerprint density at radius 3 is 1.92 bits per heavy atom. The molecule has 2 N–H and O–H groups in total. The van der Waals surface area contributed by atoms with Crippen molar-refractivity contribution in [2.75, 3.05) is 23.3 Å². The van der Waals surface area contributed by atoms with Crippen LogP contribution in [0.3, 0.4) is 0 Å². The molecule has 0 spiro atoms. The third kappa shape index (κ3) is 6.98. The Hall–Kier alpha value is -4.29. The summed E-state index contributed by atoms with van der Waals surface area (Å²) in [5, 5.41) is 13.1. The molecule has 0 atom stereocenters. The number of piperidine rings is 1. The molecule has 2 heterocycles. The summed E-state index contributed by atoms with van der Waals surface area (Å²) in [6.07, 6.45) is 2.02. The Balaban J connectivity index is 1.13. The summed E-state index contributed by atoms with van der Waals surface area (Å²) in [4.78, 5) is 31.9. The molecule has 1 aliphatic heterocycles. The maximum atomic E-state index is 12.8. The Morgan fingerprint density at radius 1 is 0.795 bits per heavy atom. The van der Waals surface area contributed by atoms with Gasteiger partial charge in [-0.2, -0.15) is 0 Å². The highest BCUT2D eigenvalue weighted by Gasteiger charge is 2.17. The molecule has 5 rings (SSSR count). The van der Waals surface area contributed by atoms with Gasteiger partial charge in [0.15, 0.2) is 11.6 Å². The van der Waals surface area contributed by atoms with Crippen molar-refractivity contribution in [1.82, 2.24) is 4.98 Å². The van der Waals surface area contributed by atoms with Gasteiger partial charge in [-0.25, -0.2) is 0 Å². The van der Waals surface area contributed by atoms with Crippen molar-refractivity contribution in [2.45, 2.75) is 38.7 Å². The van der Waals surface area contributed by atoms with E-state index in [9.17, 15) is 14.7 Å². The van der Waals surface area contributed by atoms with Crippen LogP contribution in [0, 0.1) is 6.92 Å². The number of aliphatic hydroxyl groups excluding tert-OH is 1. The second kappa shape index (κ2) is 12.0. The van der Waals surface area contributed by atoms with E-state index in [1.807, 2.05) is 91.9 Å². The van der Waals surface area contributed by atoms with Gasteiger partial charge in [-0.05, 0) is 91.6 Å². The number of carbonyl (C=O) groups is 2. The molecular formula is C33H33N3O3. The molecule has 0 radical (unpaired) electrons. The number of benzene rings is 3. The number of hydrogen-bond donors (Lipinski definition) is 2. The Bertz CT molecular complexity index is 1420. The molecule has 1 aliphatic rings. The molecule has 0 amide bonds. The van der Waals surface area contributed by atoms with E-state index < -0.39 is 0 Å². The number of pyridine rings is 1. The molecule has 0 bridgehead atoms. The van der Waals surface area contributed by atoms with Gasteiger partial charge in [-0.1, -0.05) is 30.3 Å². The predicted octanol–water partition coefficient (Wildman–Crippen LogP) is 5.95. The van der Waals surface area contributed by atoms with Crippen LogP contribution in [0.15, 0.2) is 91.0 Å². The molecule has 3 aromatic carbocycles. The van der Waals surface area contributed by atoms with Crippen LogP contribution in [0.2, 0.25) is 0 Å². The number of carbonyl (C=O) groups excluding carboxylic acids is 2. The molecule has 0 aliphatic carbocycles. The van der Waals surface area contributed by atoms with Gasteiger partial charge in [0.1, 0.15) is 5.69 Å². The topological polar surface area (TPSA) is 82.5 Å². The summed E-state index contributed by atoms with van der Waals surface area (Å²) in [6.45, 7) is 3.55. The van der Waals surface area contributed by atoms with E-state index in [-0.39, 0.29) is 17.7 Å². The quantitative estimate of drug-likeness (QED) is 0.266. The fraction of sp³-hybridized carbons (Fsp3) is 0.242. The van der Waals surface area contributed by atoms with E-state index in [0.717, 1.165) is 59.8 Å². The Kier molecular flexibility index (Phi) is 8.13. The maximum absolute atomic E-state index is 12.8. The molecule has 1 saturated heterocycles. The van der Waals surface area contributed by atoms with E-state index in [4.69, 9.17) is 0 Å². The lowest BCUT2D eigenvalue weighted by molar-refractivity contribution is 0.0982. The lowest BCUT2D eigenvalue weighted by Gasteiger charge is -2.31. The zero-order chi connectivity index (χ0) is 27.2. The monoisotopic (exact) mass is 519 g/mol. The number of aliphatic hydroxyl groups is 1. The Labute approximate surface area is 229 Å². The highest BCUT2D eigenvalue weighted by Crippen LogP contribution is 2.22. The second-order valence-electron chi connectivity index (χ2n) is 10.1. The first-order chi connectivity index (χ1) is 18.9. The van der Waals surface area contributed by atoms with Gasteiger partial charge in [0.05, 0.1) is 6.10 Å². The molecule has 4 aromatic rings. The zero-order valence-electron chi connectivity index (χ0n) is 22.1. The van der Waals surface area contributed by atoms with Crippen molar-refractivity contribution in [3.05, 3.63) is 119 Å². The van der Waals surface area contributed by atoms with Gasteiger partial charge in [0.2, 0.25) is 0 Å². The van der Waals surface area contributed by atoms with Gasteiger partial charge < -0.3 is 15.3 Å². The average Bonchev–Trinajstić information content (AvgIpc) is 2.95. The van der Waals surface area contributed by atoms with Gasteiger partial charge in [-0.3, -0.25) is 14.6 Å². The number of nitrogens with zero attached hydrogens (tertiary/aromatic N) is 2. The van der Waals surface area contributed by atoms with Crippen molar-refractivity contribution in [3.63, 3.8) is 0 Å². The van der Waals surface area contributed by atoms with E-state index in [2.05, 4.69) is 15.2 Å². The summed E-state index contributed by atoms with van der Waals surface area (Å²) >= 11 is 0. The van der Waals surface area contributed by atoms with Crippen LogP contribution in [-0.4, -0.2) is 40.9 Å². The van der Waals surface area contributed by atoms with Crippen LogP contribution in [0.25, 0.3) is 0 Å². The lowest BCUT2D eigenvalue weighted by atomic mass is 10.0. The number of anilines is 3. The lowest BCUT2D eigenvalue weighted by Crippen LogP contribution is -2.35. The van der Waals surface area contributed by atoms with Crippen molar-refractivity contribution >= 4 is 28.6 Å². The van der Waals surface area contributed by atoms with Crippen LogP contribution in [0.1, 0.15) is 50.5 Å². The molecule has 0 saturated carbocycles. The summed E-state index contributed by atoms with van der Waals surface area (Å²) < 4.78 is 0. The molecule has 6 nitrogen and oxygen atoms in total. The van der Waals surface area contributed by atoms with Crippen LogP contribution in [0.5, 0.6) is 0 Å². The fourth-order valence-corrected chi connectivity index (χ4v) is 4.82. The summed E-state index contributed by atoms with van der Waals surface area (Å²) in [6, 6.07) is 29.0. The maximum Gasteiger partial charge on any atom is 0.185 e. The Morgan fingerprint density at radius 2 is 1.36 bits per heavy atom. The highest BCUT2D eigenvalue weighted by molar-refractivity contribution is 5.98. The average molecular weight is 520 g/mol. The van der Waals surface area contributed by atoms with E-state index in [0.29, 0.717) is 24.1 Å². The summed E-state index contributed by atoms with van der Waals surface area (Å²) in [5.74, 6) is 0.0885. The van der Waals surface area contributed by atoms with Crippen LogP contribution in [0.4, 0.5) is 17.1 Å². The number of hydrogen-bond acceptors (Lipinski definition) is 6. The van der Waals surface area contributed by atoms with Crippen LogP contribution in [-0.2, 0) is 12.8 Å². The molecule has 1 aromatic heterocycles. The molecular weight excluding hydrogens is 486 g/mol. The van der Waals surface area contributed by atoms with E-state index in [1.54, 1.807) is 6.07 Å². The first kappa shape index (κ1) is 26.3. The van der Waals surface area contributed by atoms with Crippen LogP contribution < -0.4 is 10.2 Å². The standard InChI is InChI=1S/C33H33N3O3/c1-23-3-2-4-31(34-23)33(39)22-25-7-13-28(14-8-25)35-27-11-5-24(6-12-27)21-32(38)26-9-15-29(16-10-26)36-19-17-30(37)18-20-36/h2-16,30,35,37H,17-22H2,1H3. The molecule has 1 fully saturated rings. The highest BCUT2D eigenvalue weighted by atomic mass is 16.3. The number of nitrogens with one attached hydrogen (secondary N) is 1. The van der Waals surface area contributed by atoms with Gasteiger partial charge in [0, 0.05) is 54.3 Å². The number of rotatable bonds is 9. The van der Waals surface area contributed by atoms with Crippen LogP contribution >= 0.6 is 0 Å². The van der Waals surface area contributed by atoms with Gasteiger partial charge in [-0.15, -0.1) is 0 Å². The number of aryl methyl sites for hydroxylation is 1. The minimum absolute atomic E-state index is 0.00299. The van der Waals surface area contributed by atoms with Crippen molar-refractivity contribution < 1.29 is 14.7 Å². The fourth-order valence-electron chi connectivity index (χ4n) is 4.82. The van der Waals surface area contributed by atoms with Gasteiger partial charge >= 0.3 is 0 Å². The zero-order valence-corrected chi connectivity index (χ0v) is 22.1. The third-order valence-corrected chi connectivity index (χ3v) is 7.12. The minimum Gasteiger partial charge on any atom is -0.393 e. The largest absolute Gasteiger partial charge is 0.393 e. The smallest absolute Gasteiger partial charge is 0.185 e. The molecule has 198 valence electrons. The van der Waals surface area contributed by atoms with Crippen molar-refractivity contribution in [1.29, 1.82) is 0 Å². The predicted molar refractivity (Wildman–Crippen MR) is 155 cm³/mol. The molecule has 0 unspecified atom stereocenters. The number of aromatic nitrogens is 1. The number of Topliss-reactive ketones (excluding diaryl/α,β-unsaturated/α-hetero) is 2.